The lowest BCUT2D eigenvalue weighted by atomic mass is 9.98. The molecule has 1 aliphatic rings. The Balaban J connectivity index is 1.78. The molecule has 1 aliphatic heterocycles. The van der Waals surface area contributed by atoms with Crippen LogP contribution in [0.1, 0.15) is 18.4 Å². The molecule has 0 saturated heterocycles. The topological polar surface area (TPSA) is 71.2 Å². The number of carboxylic acids is 1. The molecule has 0 unspecified atom stereocenters. The average molecular weight is 344 g/mol. The van der Waals surface area contributed by atoms with E-state index in [0.717, 1.165) is 10.8 Å². The number of ether oxygens (including phenoxy) is 1. The number of benzene rings is 2. The average Bonchev–Trinajstić information content (AvgIpc) is 3.40. The van der Waals surface area contributed by atoms with Crippen molar-refractivity contribution in [2.45, 2.75) is 24.4 Å². The lowest BCUT2D eigenvalue weighted by molar-refractivity contribution is -0.138. The Bertz CT molecular complexity index is 912. The molecule has 0 saturated carbocycles. The van der Waals surface area contributed by atoms with Gasteiger partial charge in [0.05, 0.1) is 5.92 Å². The zero-order valence-electron chi connectivity index (χ0n) is 13.2. The zero-order chi connectivity index (χ0) is 18.2. The highest BCUT2D eigenvalue weighted by molar-refractivity contribution is 5.86. The van der Waals surface area contributed by atoms with Crippen LogP contribution in [0.5, 0.6) is 5.75 Å². The Morgan fingerprint density at radius 2 is 1.96 bits per heavy atom. The van der Waals surface area contributed by atoms with Gasteiger partial charge in [-0.3, -0.25) is 4.79 Å². The first-order valence-corrected chi connectivity index (χ1v) is 7.47. The SMILES string of the molecule is C#CC(F)(F)C1(COc2ccc3cc([C@H](C)C(=O)O)ccc3c2)N=N1. The van der Waals surface area contributed by atoms with Crippen molar-refractivity contribution in [1.82, 2.24) is 0 Å². The molecule has 0 bridgehead atoms. The summed E-state index contributed by atoms with van der Waals surface area (Å²) in [5, 5.41) is 17.4. The van der Waals surface area contributed by atoms with Gasteiger partial charge in [0.25, 0.3) is 5.66 Å². The van der Waals surface area contributed by atoms with Gasteiger partial charge in [0, 0.05) is 0 Å². The largest absolute Gasteiger partial charge is 0.489 e. The minimum Gasteiger partial charge on any atom is -0.489 e. The normalized spacial score (nSPS) is 16.2. The highest BCUT2D eigenvalue weighted by atomic mass is 19.3. The van der Waals surface area contributed by atoms with Crippen LogP contribution in [0.15, 0.2) is 46.6 Å². The van der Waals surface area contributed by atoms with Crippen molar-refractivity contribution in [2.24, 2.45) is 10.2 Å². The van der Waals surface area contributed by atoms with Crippen LogP contribution in [-0.2, 0) is 4.79 Å². The van der Waals surface area contributed by atoms with E-state index in [0.29, 0.717) is 11.3 Å². The third kappa shape index (κ3) is 3.03. The van der Waals surface area contributed by atoms with Crippen molar-refractivity contribution in [3.63, 3.8) is 0 Å². The van der Waals surface area contributed by atoms with Crippen molar-refractivity contribution in [2.75, 3.05) is 6.61 Å². The molecule has 0 spiro atoms. The van der Waals surface area contributed by atoms with Crippen molar-refractivity contribution >= 4 is 16.7 Å². The molecule has 0 fully saturated rings. The number of aliphatic carboxylic acids is 1. The molecule has 7 heteroatoms. The first-order chi connectivity index (χ1) is 11.8. The van der Waals surface area contributed by atoms with Crippen LogP contribution in [0.4, 0.5) is 8.78 Å². The quantitative estimate of drug-likeness (QED) is 0.810. The Morgan fingerprint density at radius 1 is 1.32 bits per heavy atom. The lowest BCUT2D eigenvalue weighted by Gasteiger charge is -2.17. The third-order valence-electron chi connectivity index (χ3n) is 4.17. The van der Waals surface area contributed by atoms with E-state index in [1.807, 2.05) is 0 Å². The summed E-state index contributed by atoms with van der Waals surface area (Å²) in [6, 6.07) is 10.3. The maximum Gasteiger partial charge on any atom is 0.359 e. The van der Waals surface area contributed by atoms with Gasteiger partial charge in [-0.25, -0.2) is 0 Å². The second-order valence-electron chi connectivity index (χ2n) is 5.85. The Hall–Kier alpha value is -3.01. The molecule has 1 N–H and O–H groups in total. The maximum absolute atomic E-state index is 13.6. The van der Waals surface area contributed by atoms with E-state index in [1.165, 1.54) is 5.92 Å². The summed E-state index contributed by atoms with van der Waals surface area (Å²) in [7, 11) is 0. The molecule has 1 heterocycles. The molecular weight excluding hydrogens is 330 g/mol. The summed E-state index contributed by atoms with van der Waals surface area (Å²) in [6.45, 7) is 1.15. The molecule has 1 atom stereocenters. The predicted octanol–water partition coefficient (Wildman–Crippen LogP) is 3.84. The van der Waals surface area contributed by atoms with Crippen LogP contribution in [-0.4, -0.2) is 29.3 Å². The highest BCUT2D eigenvalue weighted by Gasteiger charge is 2.62. The van der Waals surface area contributed by atoms with Crippen molar-refractivity contribution < 1.29 is 23.4 Å². The minimum atomic E-state index is -3.49. The molecule has 5 nitrogen and oxygen atoms in total. The van der Waals surface area contributed by atoms with Gasteiger partial charge in [0.15, 0.2) is 0 Å². The van der Waals surface area contributed by atoms with Gasteiger partial charge < -0.3 is 9.84 Å². The molecule has 2 aromatic carbocycles. The Kier molecular flexibility index (Phi) is 3.91. The molecule has 128 valence electrons. The van der Waals surface area contributed by atoms with Crippen molar-refractivity contribution in [1.29, 1.82) is 0 Å². The molecule has 0 radical (unpaired) electrons. The van der Waals surface area contributed by atoms with Gasteiger partial charge >= 0.3 is 11.9 Å². The summed E-state index contributed by atoms with van der Waals surface area (Å²) in [4.78, 5) is 11.1. The van der Waals surface area contributed by atoms with Gasteiger partial charge in [-0.1, -0.05) is 24.3 Å². The molecule has 0 aliphatic carbocycles. The number of alkyl halides is 2. The number of terminal acetylenes is 1. The monoisotopic (exact) mass is 344 g/mol. The zero-order valence-corrected chi connectivity index (χ0v) is 13.2. The summed E-state index contributed by atoms with van der Waals surface area (Å²) >= 11 is 0. The number of halogens is 2. The van der Waals surface area contributed by atoms with Crippen molar-refractivity contribution in [3.8, 4) is 18.1 Å². The molecular formula is C18H14F2N2O3. The van der Waals surface area contributed by atoms with Gasteiger partial charge in [0.2, 0.25) is 0 Å². The number of rotatable bonds is 6. The van der Waals surface area contributed by atoms with Crippen LogP contribution >= 0.6 is 0 Å². The Morgan fingerprint density at radius 3 is 2.56 bits per heavy atom. The van der Waals surface area contributed by atoms with Crippen LogP contribution < -0.4 is 4.74 Å². The summed E-state index contributed by atoms with van der Waals surface area (Å²) < 4.78 is 32.6. The number of carbonyl (C=O) groups is 1. The van der Waals surface area contributed by atoms with E-state index in [4.69, 9.17) is 16.3 Å². The molecule has 0 aromatic heterocycles. The van der Waals surface area contributed by atoms with Crippen LogP contribution in [0.3, 0.4) is 0 Å². The van der Waals surface area contributed by atoms with Crippen LogP contribution in [0.25, 0.3) is 10.8 Å². The van der Waals surface area contributed by atoms with Gasteiger partial charge in [-0.15, -0.1) is 16.7 Å². The van der Waals surface area contributed by atoms with E-state index in [-0.39, 0.29) is 0 Å². The van der Waals surface area contributed by atoms with Crippen LogP contribution in [0.2, 0.25) is 0 Å². The van der Waals surface area contributed by atoms with Crippen LogP contribution in [0, 0.1) is 12.3 Å². The fourth-order valence-electron chi connectivity index (χ4n) is 2.38. The second-order valence-corrected chi connectivity index (χ2v) is 5.85. The summed E-state index contributed by atoms with van der Waals surface area (Å²) in [5.41, 5.74) is -1.32. The van der Waals surface area contributed by atoms with Gasteiger partial charge in [-0.2, -0.15) is 8.78 Å². The summed E-state index contributed by atoms with van der Waals surface area (Å²) in [6.07, 6.45) is 4.82. The third-order valence-corrected chi connectivity index (χ3v) is 4.17. The first-order valence-electron chi connectivity index (χ1n) is 7.47. The fraction of sp³-hybridized carbons (Fsp3) is 0.278. The minimum absolute atomic E-state index is 0.371. The first kappa shape index (κ1) is 16.8. The highest BCUT2D eigenvalue weighted by Crippen LogP contribution is 2.43. The summed E-state index contributed by atoms with van der Waals surface area (Å²) in [5.74, 6) is -3.26. The predicted molar refractivity (Wildman–Crippen MR) is 86.9 cm³/mol. The van der Waals surface area contributed by atoms with Gasteiger partial charge in [-0.05, 0) is 41.3 Å². The molecule has 2 aromatic rings. The number of nitrogens with zero attached hydrogens (tertiary/aromatic N) is 2. The molecule has 3 rings (SSSR count). The maximum atomic E-state index is 13.6. The molecule has 0 amide bonds. The van der Waals surface area contributed by atoms with Gasteiger partial charge in [0.1, 0.15) is 12.4 Å². The fourth-order valence-corrected chi connectivity index (χ4v) is 2.38. The molecule has 25 heavy (non-hydrogen) atoms. The van der Waals surface area contributed by atoms with Crippen molar-refractivity contribution in [3.05, 3.63) is 42.0 Å². The number of hydrogen-bond acceptors (Lipinski definition) is 4. The number of fused-ring (bicyclic) bond motifs is 1. The van der Waals surface area contributed by atoms with E-state index in [2.05, 4.69) is 10.2 Å². The number of hydrogen-bond donors (Lipinski definition) is 1. The smallest absolute Gasteiger partial charge is 0.359 e. The van der Waals surface area contributed by atoms with E-state index in [9.17, 15) is 13.6 Å². The van der Waals surface area contributed by atoms with E-state index < -0.39 is 30.1 Å². The lowest BCUT2D eigenvalue weighted by Crippen LogP contribution is -2.40. The number of carboxylic acid groups (broad SMARTS) is 1. The van der Waals surface area contributed by atoms with E-state index in [1.54, 1.807) is 43.3 Å². The van der Waals surface area contributed by atoms with E-state index >= 15 is 0 Å². The Labute approximate surface area is 142 Å². The standard InChI is InChI=1S/C18H14F2N2O3/c1-3-17(19,20)18(21-22-18)10-25-15-7-6-13-8-12(11(2)16(23)24)4-5-14(13)9-15/h1,4-9,11H,10H2,2H3,(H,23,24)/t11-/m0/s1. The second kappa shape index (κ2) is 5.81.